The fraction of sp³-hybridized carbons (Fsp3) is 0.522. The third-order valence-corrected chi connectivity index (χ3v) is 7.28. The first kappa shape index (κ1) is 22.1. The van der Waals surface area contributed by atoms with Crippen molar-refractivity contribution in [2.75, 3.05) is 62.5 Å². The van der Waals surface area contributed by atoms with Gasteiger partial charge in [-0.05, 0) is 44.9 Å². The Kier molecular flexibility index (Phi) is 6.45. The number of fused-ring (bicyclic) bond motifs is 2. The lowest BCUT2D eigenvalue weighted by Gasteiger charge is -2.37. The van der Waals surface area contributed by atoms with Crippen LogP contribution in [0.15, 0.2) is 28.0 Å². The van der Waals surface area contributed by atoms with Gasteiger partial charge in [0.1, 0.15) is 18.2 Å². The number of rotatable bonds is 5. The summed E-state index contributed by atoms with van der Waals surface area (Å²) in [6.45, 7) is 4.51. The molecule has 0 radical (unpaired) electrons. The summed E-state index contributed by atoms with van der Waals surface area (Å²) in [6, 6.07) is 5.37. The van der Waals surface area contributed by atoms with Gasteiger partial charge in [0.2, 0.25) is 5.91 Å². The molecule has 0 unspecified atom stereocenters. The zero-order valence-electron chi connectivity index (χ0n) is 18.8. The van der Waals surface area contributed by atoms with Crippen molar-refractivity contribution < 1.29 is 14.3 Å². The van der Waals surface area contributed by atoms with E-state index < -0.39 is 0 Å². The summed E-state index contributed by atoms with van der Waals surface area (Å²) in [5.41, 5.74) is 2.61. The summed E-state index contributed by atoms with van der Waals surface area (Å²) in [4.78, 5) is 32.3. The number of hydrogen-bond donors (Lipinski definition) is 1. The molecular weight excluding hydrogens is 442 g/mol. The Labute approximate surface area is 197 Å². The van der Waals surface area contributed by atoms with Gasteiger partial charge in [0.15, 0.2) is 11.5 Å². The van der Waals surface area contributed by atoms with Crippen molar-refractivity contribution in [1.29, 1.82) is 0 Å². The number of aromatic nitrogens is 2. The van der Waals surface area contributed by atoms with E-state index in [0.29, 0.717) is 35.4 Å². The quantitative estimate of drug-likeness (QED) is 0.519. The Bertz CT molecular complexity index is 1100. The first-order chi connectivity index (χ1) is 16.1. The predicted molar refractivity (Wildman–Crippen MR) is 127 cm³/mol. The molecule has 1 amide bonds. The minimum absolute atomic E-state index is 0.147. The maximum Gasteiger partial charge on any atom is 0.367 e. The normalized spacial score (nSPS) is 18.0. The average Bonchev–Trinajstić information content (AvgIpc) is 2.83. The standard InChI is InChI=1S/C23H29N5O4S/c1-26-8-10-27(11-9-26)28-18-5-3-2-4-17(18)22(25-23(28)30)33-15-21(29)24-16-6-7-19-20(14-16)32-13-12-31-19/h6-7,14H,2-5,8-13,15H2,1H3,(H,24,29). The van der Waals surface area contributed by atoms with Crippen molar-refractivity contribution in [3.63, 3.8) is 0 Å². The van der Waals surface area contributed by atoms with Gasteiger partial charge in [-0.2, -0.15) is 4.98 Å². The molecule has 10 heteroatoms. The minimum atomic E-state index is -0.241. The smallest absolute Gasteiger partial charge is 0.367 e. The Balaban J connectivity index is 1.30. The molecule has 0 saturated carbocycles. The van der Waals surface area contributed by atoms with E-state index in [1.165, 1.54) is 11.8 Å². The first-order valence-electron chi connectivity index (χ1n) is 11.5. The van der Waals surface area contributed by atoms with Crippen LogP contribution in [0.3, 0.4) is 0 Å². The summed E-state index contributed by atoms with van der Waals surface area (Å²) >= 11 is 1.34. The molecule has 9 nitrogen and oxygen atoms in total. The lowest BCUT2D eigenvalue weighted by atomic mass is 9.97. The van der Waals surface area contributed by atoms with Crippen LogP contribution in [0.4, 0.5) is 5.69 Å². The van der Waals surface area contributed by atoms with Gasteiger partial charge >= 0.3 is 5.69 Å². The first-order valence-corrected chi connectivity index (χ1v) is 12.5. The van der Waals surface area contributed by atoms with Crippen molar-refractivity contribution in [3.05, 3.63) is 39.9 Å². The van der Waals surface area contributed by atoms with E-state index in [1.54, 1.807) is 22.9 Å². The summed E-state index contributed by atoms with van der Waals surface area (Å²) in [6.07, 6.45) is 3.91. The van der Waals surface area contributed by atoms with Crippen molar-refractivity contribution in [3.8, 4) is 11.5 Å². The van der Waals surface area contributed by atoms with Gasteiger partial charge in [-0.25, -0.2) is 9.47 Å². The maximum absolute atomic E-state index is 13.0. The zero-order chi connectivity index (χ0) is 22.8. The number of benzene rings is 1. The third kappa shape index (κ3) is 4.81. The number of thioether (sulfide) groups is 1. The molecule has 1 aliphatic carbocycles. The molecular formula is C23H29N5O4S. The average molecular weight is 472 g/mol. The van der Waals surface area contributed by atoms with Crippen LogP contribution < -0.4 is 25.5 Å². The molecule has 1 fully saturated rings. The van der Waals surface area contributed by atoms with Crippen LogP contribution in [-0.4, -0.2) is 72.7 Å². The largest absolute Gasteiger partial charge is 0.486 e. The van der Waals surface area contributed by atoms with E-state index in [2.05, 4.69) is 27.3 Å². The molecule has 1 N–H and O–H groups in total. The van der Waals surface area contributed by atoms with Crippen LogP contribution in [0.5, 0.6) is 11.5 Å². The van der Waals surface area contributed by atoms with Crippen LogP contribution in [-0.2, 0) is 17.6 Å². The minimum Gasteiger partial charge on any atom is -0.486 e. The number of carbonyl (C=O) groups excluding carboxylic acids is 1. The van der Waals surface area contributed by atoms with Crippen molar-refractivity contribution in [2.24, 2.45) is 0 Å². The Morgan fingerprint density at radius 2 is 1.85 bits per heavy atom. The van der Waals surface area contributed by atoms with Crippen LogP contribution in [0.2, 0.25) is 0 Å². The highest BCUT2D eigenvalue weighted by Crippen LogP contribution is 2.33. The van der Waals surface area contributed by atoms with Crippen LogP contribution in [0.25, 0.3) is 0 Å². The fourth-order valence-electron chi connectivity index (χ4n) is 4.53. The molecule has 33 heavy (non-hydrogen) atoms. The van der Waals surface area contributed by atoms with E-state index in [1.807, 2.05) is 0 Å². The molecule has 3 aliphatic rings. The van der Waals surface area contributed by atoms with Gasteiger partial charge in [-0.1, -0.05) is 11.8 Å². The van der Waals surface area contributed by atoms with E-state index >= 15 is 0 Å². The van der Waals surface area contributed by atoms with E-state index in [-0.39, 0.29) is 17.3 Å². The molecule has 2 aromatic rings. The summed E-state index contributed by atoms with van der Waals surface area (Å²) < 4.78 is 12.9. The molecule has 3 heterocycles. The van der Waals surface area contributed by atoms with Crippen LogP contribution >= 0.6 is 11.8 Å². The van der Waals surface area contributed by atoms with Gasteiger partial charge in [0.05, 0.1) is 11.4 Å². The topological polar surface area (TPSA) is 88.9 Å². The van der Waals surface area contributed by atoms with Crippen molar-refractivity contribution in [1.82, 2.24) is 14.6 Å². The number of likely N-dealkylation sites (N-methyl/N-ethyl adjacent to an activating group) is 1. The molecule has 1 aromatic carbocycles. The summed E-state index contributed by atoms with van der Waals surface area (Å²) in [5, 5.41) is 5.72. The second-order valence-electron chi connectivity index (χ2n) is 8.60. The van der Waals surface area contributed by atoms with E-state index in [9.17, 15) is 9.59 Å². The monoisotopic (exact) mass is 471 g/mol. The number of hydrogen-bond acceptors (Lipinski definition) is 8. The highest BCUT2D eigenvalue weighted by Gasteiger charge is 2.25. The molecule has 176 valence electrons. The Morgan fingerprint density at radius 3 is 2.67 bits per heavy atom. The van der Waals surface area contributed by atoms with E-state index in [4.69, 9.17) is 9.47 Å². The Morgan fingerprint density at radius 1 is 1.09 bits per heavy atom. The maximum atomic E-state index is 13.0. The van der Waals surface area contributed by atoms with Gasteiger partial charge in [-0.3, -0.25) is 4.79 Å². The fourth-order valence-corrected chi connectivity index (χ4v) is 5.41. The molecule has 5 rings (SSSR count). The Hall–Kier alpha value is -2.72. The van der Waals surface area contributed by atoms with Gasteiger partial charge in [0, 0.05) is 43.5 Å². The summed E-state index contributed by atoms with van der Waals surface area (Å²) in [5.74, 6) is 1.36. The number of nitrogens with zero attached hydrogens (tertiary/aromatic N) is 4. The molecule has 2 aliphatic heterocycles. The van der Waals surface area contributed by atoms with E-state index in [0.717, 1.165) is 63.1 Å². The van der Waals surface area contributed by atoms with Crippen LogP contribution in [0, 0.1) is 0 Å². The lowest BCUT2D eigenvalue weighted by Crippen LogP contribution is -2.54. The number of nitrogens with one attached hydrogen (secondary N) is 1. The van der Waals surface area contributed by atoms with Crippen molar-refractivity contribution >= 4 is 23.4 Å². The lowest BCUT2D eigenvalue weighted by molar-refractivity contribution is -0.113. The predicted octanol–water partition coefficient (Wildman–Crippen LogP) is 1.51. The van der Waals surface area contributed by atoms with Gasteiger partial charge in [0.25, 0.3) is 0 Å². The second-order valence-corrected chi connectivity index (χ2v) is 9.56. The number of amides is 1. The number of anilines is 1. The second kappa shape index (κ2) is 9.64. The van der Waals surface area contributed by atoms with Gasteiger partial charge in [-0.15, -0.1) is 0 Å². The molecule has 1 saturated heterocycles. The molecule has 1 aromatic heterocycles. The highest BCUT2D eigenvalue weighted by atomic mass is 32.2. The number of piperazine rings is 1. The number of ether oxygens (including phenoxy) is 2. The molecule has 0 spiro atoms. The van der Waals surface area contributed by atoms with Gasteiger partial charge < -0.3 is 24.7 Å². The molecule has 0 bridgehead atoms. The zero-order valence-corrected chi connectivity index (χ0v) is 19.7. The highest BCUT2D eigenvalue weighted by molar-refractivity contribution is 8.00. The summed E-state index contributed by atoms with van der Waals surface area (Å²) in [7, 11) is 2.10. The van der Waals surface area contributed by atoms with Crippen LogP contribution in [0.1, 0.15) is 24.1 Å². The number of carbonyl (C=O) groups is 1. The SMILES string of the molecule is CN1CCN(n2c3c(c(SCC(=O)Nc4ccc5c(c4)OCCO5)nc2=O)CCCC3)CC1. The third-order valence-electron chi connectivity index (χ3n) is 6.26. The molecule has 0 atom stereocenters. The van der Waals surface area contributed by atoms with Crippen molar-refractivity contribution in [2.45, 2.75) is 30.7 Å².